The summed E-state index contributed by atoms with van der Waals surface area (Å²) in [5, 5.41) is 9.06. The summed E-state index contributed by atoms with van der Waals surface area (Å²) in [6, 6.07) is 10.6. The molecule has 1 atom stereocenters. The molecule has 1 unspecified atom stereocenters. The van der Waals surface area contributed by atoms with Crippen LogP contribution in [0.15, 0.2) is 48.6 Å². The number of benzene rings is 2. The van der Waals surface area contributed by atoms with Gasteiger partial charge in [0.2, 0.25) is 0 Å². The van der Waals surface area contributed by atoms with Crippen LogP contribution in [0.3, 0.4) is 0 Å². The third kappa shape index (κ3) is 8.98. The summed E-state index contributed by atoms with van der Waals surface area (Å²) >= 11 is 0. The second-order valence-electron chi connectivity index (χ2n) is 12.6. The van der Waals surface area contributed by atoms with E-state index in [1.165, 1.54) is 31.7 Å². The van der Waals surface area contributed by atoms with Crippen LogP contribution in [-0.2, 0) is 19.1 Å². The lowest BCUT2D eigenvalue weighted by atomic mass is 9.75. The van der Waals surface area contributed by atoms with E-state index in [-0.39, 0.29) is 42.3 Å². The Bertz CT molecular complexity index is 1230. The maximum absolute atomic E-state index is 15.4. The predicted molar refractivity (Wildman–Crippen MR) is 163 cm³/mol. The van der Waals surface area contributed by atoms with Gasteiger partial charge in [-0.25, -0.2) is 13.6 Å². The maximum atomic E-state index is 15.4. The molecule has 5 nitrogen and oxygen atoms in total. The summed E-state index contributed by atoms with van der Waals surface area (Å²) in [6.45, 7) is 5.81. The van der Waals surface area contributed by atoms with Gasteiger partial charge in [-0.1, -0.05) is 50.6 Å². The number of aliphatic hydroxyl groups is 1. The minimum atomic E-state index is -0.665. The van der Waals surface area contributed by atoms with Gasteiger partial charge in [0.05, 0.1) is 25.4 Å². The summed E-state index contributed by atoms with van der Waals surface area (Å²) in [7, 11) is 0. The fraction of sp³-hybridized carbons (Fsp3) is 0.556. The molecule has 2 fully saturated rings. The molecular formula is C36H46F2O5. The molecule has 2 aliphatic rings. The Morgan fingerprint density at radius 1 is 0.953 bits per heavy atom. The van der Waals surface area contributed by atoms with Gasteiger partial charge in [-0.15, -0.1) is 0 Å². The third-order valence-electron chi connectivity index (χ3n) is 9.60. The Labute approximate surface area is 254 Å². The van der Waals surface area contributed by atoms with E-state index in [1.54, 1.807) is 6.07 Å². The molecule has 1 N–H and O–H groups in total. The van der Waals surface area contributed by atoms with Crippen LogP contribution in [0.25, 0.3) is 11.1 Å². The number of esters is 1. The summed E-state index contributed by atoms with van der Waals surface area (Å²) in [5.74, 6) is 0.186. The van der Waals surface area contributed by atoms with Gasteiger partial charge in [-0.05, 0) is 110 Å². The first-order valence-corrected chi connectivity index (χ1v) is 15.9. The van der Waals surface area contributed by atoms with E-state index >= 15 is 8.78 Å². The Balaban J connectivity index is 1.32. The van der Waals surface area contributed by atoms with Crippen molar-refractivity contribution in [1.82, 2.24) is 0 Å². The van der Waals surface area contributed by atoms with E-state index in [4.69, 9.17) is 14.6 Å². The van der Waals surface area contributed by atoms with Gasteiger partial charge in [-0.3, -0.25) is 4.79 Å². The van der Waals surface area contributed by atoms with Gasteiger partial charge in [0.1, 0.15) is 11.6 Å². The number of aliphatic hydroxyl groups excluding tert-OH is 1. The molecule has 2 aliphatic carbocycles. The molecular weight excluding hydrogens is 550 g/mol. The van der Waals surface area contributed by atoms with Crippen LogP contribution in [-0.4, -0.2) is 37.4 Å². The van der Waals surface area contributed by atoms with Crippen LogP contribution >= 0.6 is 0 Å². The van der Waals surface area contributed by atoms with Gasteiger partial charge in [-0.2, -0.15) is 0 Å². The molecule has 0 aromatic heterocycles. The van der Waals surface area contributed by atoms with Crippen molar-refractivity contribution in [3.63, 3.8) is 0 Å². The van der Waals surface area contributed by atoms with Crippen LogP contribution in [0.1, 0.15) is 101 Å². The molecule has 2 aromatic carbocycles. The summed E-state index contributed by atoms with van der Waals surface area (Å²) in [6.07, 6.45) is 11.2. The predicted octanol–water partition coefficient (Wildman–Crippen LogP) is 8.25. The van der Waals surface area contributed by atoms with E-state index in [2.05, 4.69) is 13.5 Å². The molecule has 0 radical (unpaired) electrons. The normalized spacial score (nSPS) is 22.9. The van der Waals surface area contributed by atoms with Crippen molar-refractivity contribution in [2.24, 2.45) is 17.8 Å². The average Bonchev–Trinajstić information content (AvgIpc) is 3.02. The first-order chi connectivity index (χ1) is 20.8. The maximum Gasteiger partial charge on any atom is 0.335 e. The lowest BCUT2D eigenvalue weighted by Gasteiger charge is -2.31. The van der Waals surface area contributed by atoms with Crippen molar-refractivity contribution < 1.29 is 33.0 Å². The third-order valence-corrected chi connectivity index (χ3v) is 9.60. The van der Waals surface area contributed by atoms with Crippen molar-refractivity contribution in [1.29, 1.82) is 0 Å². The SMILES string of the molecule is C=C(CO)C(=O)OCC(COC=O)CC1CCC(c2ccc(-c3ccc(C4CCC(CCC)CC4)cc3F)cc2F)CC1. The molecule has 0 spiro atoms. The highest BCUT2D eigenvalue weighted by molar-refractivity contribution is 5.87. The minimum absolute atomic E-state index is 0.0248. The zero-order chi connectivity index (χ0) is 30.8. The second-order valence-corrected chi connectivity index (χ2v) is 12.6. The molecule has 0 heterocycles. The molecule has 0 amide bonds. The van der Waals surface area contributed by atoms with Crippen molar-refractivity contribution in [3.05, 3.63) is 71.3 Å². The number of halogens is 2. The number of rotatable bonds is 14. The number of carbonyl (C=O) groups excluding carboxylic acids is 2. The largest absolute Gasteiger partial charge is 0.467 e. The molecule has 234 valence electrons. The smallest absolute Gasteiger partial charge is 0.335 e. The summed E-state index contributed by atoms with van der Waals surface area (Å²) in [4.78, 5) is 22.6. The van der Waals surface area contributed by atoms with Crippen molar-refractivity contribution in [3.8, 4) is 11.1 Å². The Morgan fingerprint density at radius 3 is 2.28 bits per heavy atom. The molecule has 4 rings (SSSR count). The monoisotopic (exact) mass is 596 g/mol. The Kier molecular flexibility index (Phi) is 12.3. The highest BCUT2D eigenvalue weighted by atomic mass is 19.1. The van der Waals surface area contributed by atoms with Crippen molar-refractivity contribution >= 4 is 12.4 Å². The lowest BCUT2D eigenvalue weighted by Crippen LogP contribution is -2.24. The number of carbonyl (C=O) groups is 2. The van der Waals surface area contributed by atoms with Gasteiger partial charge in [0, 0.05) is 11.5 Å². The van der Waals surface area contributed by atoms with Crippen LogP contribution in [0.5, 0.6) is 0 Å². The standard InChI is InChI=1S/C36H46F2O5/c1-3-4-25-5-9-28(10-6-25)30-13-15-33(34(37)18-30)31-14-16-32(35(38)19-31)29-11-7-26(8-12-29)17-27(21-42-23-40)22-43-36(41)24(2)20-39/h13-16,18-19,23,25-29,39H,2-12,17,20-22H2,1H3. The van der Waals surface area contributed by atoms with Crippen LogP contribution in [0.2, 0.25) is 0 Å². The van der Waals surface area contributed by atoms with E-state index < -0.39 is 12.6 Å². The van der Waals surface area contributed by atoms with E-state index in [1.807, 2.05) is 24.3 Å². The Hall–Kier alpha value is -3.06. The number of hydrogen-bond acceptors (Lipinski definition) is 5. The average molecular weight is 597 g/mol. The topological polar surface area (TPSA) is 72.8 Å². The van der Waals surface area contributed by atoms with Gasteiger partial charge in [0.15, 0.2) is 0 Å². The van der Waals surface area contributed by atoms with E-state index in [9.17, 15) is 9.59 Å². The molecule has 0 saturated heterocycles. The summed E-state index contributed by atoms with van der Waals surface area (Å²) in [5.41, 5.74) is 2.69. The zero-order valence-corrected chi connectivity index (χ0v) is 25.4. The molecule has 43 heavy (non-hydrogen) atoms. The van der Waals surface area contributed by atoms with Crippen molar-refractivity contribution in [2.45, 2.75) is 89.4 Å². The highest BCUT2D eigenvalue weighted by Crippen LogP contribution is 2.41. The first-order valence-electron chi connectivity index (χ1n) is 15.9. The van der Waals surface area contributed by atoms with Crippen LogP contribution in [0, 0.1) is 29.4 Å². The van der Waals surface area contributed by atoms with E-state index in [0.717, 1.165) is 50.0 Å². The molecule has 2 saturated carbocycles. The molecule has 0 bridgehead atoms. The quantitative estimate of drug-likeness (QED) is 0.135. The molecule has 2 aromatic rings. The van der Waals surface area contributed by atoms with Gasteiger partial charge < -0.3 is 14.6 Å². The zero-order valence-electron chi connectivity index (χ0n) is 25.4. The lowest BCUT2D eigenvalue weighted by molar-refractivity contribution is -0.142. The number of ether oxygens (including phenoxy) is 2. The fourth-order valence-electron chi connectivity index (χ4n) is 7.14. The molecule has 0 aliphatic heterocycles. The van der Waals surface area contributed by atoms with Crippen LogP contribution < -0.4 is 0 Å². The minimum Gasteiger partial charge on any atom is -0.467 e. The number of hydrogen-bond donors (Lipinski definition) is 1. The Morgan fingerprint density at radius 2 is 1.65 bits per heavy atom. The van der Waals surface area contributed by atoms with Gasteiger partial charge in [0.25, 0.3) is 6.47 Å². The second kappa shape index (κ2) is 16.1. The fourth-order valence-corrected chi connectivity index (χ4v) is 7.14. The van der Waals surface area contributed by atoms with Crippen molar-refractivity contribution in [2.75, 3.05) is 19.8 Å². The molecule has 7 heteroatoms. The first kappa shape index (κ1) is 32.8. The van der Waals surface area contributed by atoms with E-state index in [0.29, 0.717) is 41.4 Å². The highest BCUT2D eigenvalue weighted by Gasteiger charge is 2.28. The van der Waals surface area contributed by atoms with Gasteiger partial charge >= 0.3 is 5.97 Å². The summed E-state index contributed by atoms with van der Waals surface area (Å²) < 4.78 is 40.8. The van der Waals surface area contributed by atoms with Crippen LogP contribution in [0.4, 0.5) is 8.78 Å².